The van der Waals surface area contributed by atoms with Crippen molar-refractivity contribution in [2.45, 2.75) is 31.1 Å². The first-order valence-corrected chi connectivity index (χ1v) is 11.1. The highest BCUT2D eigenvalue weighted by molar-refractivity contribution is 7.89. The lowest BCUT2D eigenvalue weighted by molar-refractivity contribution is -0.385. The van der Waals surface area contributed by atoms with Gasteiger partial charge in [-0.3, -0.25) is 10.1 Å². The van der Waals surface area contributed by atoms with Crippen LogP contribution in [0.1, 0.15) is 31.7 Å². The maximum Gasteiger partial charge on any atom is 0.312 e. The standard InChI is InChI=1S/C21H24N2O6S/c1-3-7-16-8-10-20(21(14-16)28-2)29-19-11-9-17(15-18(19)23(24)25)30(26,27)22-12-5-4-6-13-22/h3,7-11,14-15H,4-6,12-13H2,1-2H3/b7-3+. The van der Waals surface area contributed by atoms with E-state index in [0.717, 1.165) is 30.9 Å². The van der Waals surface area contributed by atoms with Gasteiger partial charge in [0.2, 0.25) is 15.8 Å². The van der Waals surface area contributed by atoms with Crippen LogP contribution < -0.4 is 9.47 Å². The minimum atomic E-state index is -3.79. The van der Waals surface area contributed by atoms with E-state index in [9.17, 15) is 18.5 Å². The average Bonchev–Trinajstić information content (AvgIpc) is 2.75. The lowest BCUT2D eigenvalue weighted by atomic mass is 10.2. The molecule has 0 aromatic heterocycles. The Hall–Kier alpha value is -2.91. The zero-order chi connectivity index (χ0) is 21.7. The molecular weight excluding hydrogens is 408 g/mol. The Bertz CT molecular complexity index is 1060. The Morgan fingerprint density at radius 2 is 1.73 bits per heavy atom. The fourth-order valence-corrected chi connectivity index (χ4v) is 4.86. The molecule has 1 aliphatic rings. The summed E-state index contributed by atoms with van der Waals surface area (Å²) < 4.78 is 38.2. The van der Waals surface area contributed by atoms with Crippen molar-refractivity contribution in [1.82, 2.24) is 4.31 Å². The Balaban J connectivity index is 1.96. The van der Waals surface area contributed by atoms with Gasteiger partial charge in [-0.05, 0) is 49.6 Å². The van der Waals surface area contributed by atoms with Gasteiger partial charge in [-0.2, -0.15) is 4.31 Å². The minimum Gasteiger partial charge on any atom is -0.493 e. The molecule has 2 aromatic rings. The Kier molecular flexibility index (Phi) is 6.73. The molecule has 0 N–H and O–H groups in total. The molecule has 8 nitrogen and oxygen atoms in total. The highest BCUT2D eigenvalue weighted by Gasteiger charge is 2.29. The van der Waals surface area contributed by atoms with E-state index in [1.54, 1.807) is 18.2 Å². The summed E-state index contributed by atoms with van der Waals surface area (Å²) in [5.41, 5.74) is 0.465. The maximum atomic E-state index is 12.9. The van der Waals surface area contributed by atoms with Crippen molar-refractivity contribution < 1.29 is 22.8 Å². The van der Waals surface area contributed by atoms with Gasteiger partial charge < -0.3 is 9.47 Å². The number of methoxy groups -OCH3 is 1. The fraction of sp³-hybridized carbons (Fsp3) is 0.333. The van der Waals surface area contributed by atoms with E-state index in [0.29, 0.717) is 24.6 Å². The fourth-order valence-electron chi connectivity index (χ4n) is 3.32. The second-order valence-electron chi connectivity index (χ2n) is 6.86. The average molecular weight is 432 g/mol. The normalized spacial score (nSPS) is 15.3. The van der Waals surface area contributed by atoms with Gasteiger partial charge in [-0.15, -0.1) is 0 Å². The van der Waals surface area contributed by atoms with Crippen LogP contribution in [-0.4, -0.2) is 37.8 Å². The summed E-state index contributed by atoms with van der Waals surface area (Å²) in [7, 11) is -2.31. The first kappa shape index (κ1) is 21.8. The topological polar surface area (TPSA) is 99.0 Å². The molecule has 2 aromatic carbocycles. The molecule has 0 radical (unpaired) electrons. The van der Waals surface area contributed by atoms with E-state index in [-0.39, 0.29) is 10.6 Å². The Morgan fingerprint density at radius 1 is 1.03 bits per heavy atom. The summed E-state index contributed by atoms with van der Waals surface area (Å²) in [5.74, 6) is 0.639. The number of sulfonamides is 1. The molecule has 160 valence electrons. The van der Waals surface area contributed by atoms with Crippen molar-refractivity contribution in [2.24, 2.45) is 0 Å². The number of nitro groups is 1. The molecule has 1 saturated heterocycles. The summed E-state index contributed by atoms with van der Waals surface area (Å²) in [4.78, 5) is 10.9. The number of allylic oxidation sites excluding steroid dienone is 1. The monoisotopic (exact) mass is 432 g/mol. The highest BCUT2D eigenvalue weighted by Crippen LogP contribution is 2.38. The van der Waals surface area contributed by atoms with Crippen LogP contribution in [-0.2, 0) is 10.0 Å². The summed E-state index contributed by atoms with van der Waals surface area (Å²) in [5, 5.41) is 11.6. The van der Waals surface area contributed by atoms with E-state index in [2.05, 4.69) is 0 Å². The van der Waals surface area contributed by atoms with Crippen LogP contribution in [0.15, 0.2) is 47.4 Å². The highest BCUT2D eigenvalue weighted by atomic mass is 32.2. The first-order chi connectivity index (χ1) is 14.4. The van der Waals surface area contributed by atoms with Crippen molar-refractivity contribution in [3.63, 3.8) is 0 Å². The molecule has 0 saturated carbocycles. The Labute approximate surface area is 175 Å². The van der Waals surface area contributed by atoms with E-state index in [4.69, 9.17) is 9.47 Å². The first-order valence-electron chi connectivity index (χ1n) is 9.64. The molecule has 0 unspecified atom stereocenters. The molecule has 0 amide bonds. The van der Waals surface area contributed by atoms with E-state index in [1.807, 2.05) is 19.1 Å². The lowest BCUT2D eigenvalue weighted by Gasteiger charge is -2.25. The molecule has 0 atom stereocenters. The molecule has 9 heteroatoms. The molecule has 1 fully saturated rings. The SMILES string of the molecule is C/C=C/c1ccc(Oc2ccc(S(=O)(=O)N3CCCCC3)cc2[N+](=O)[O-])c(OC)c1. The largest absolute Gasteiger partial charge is 0.493 e. The summed E-state index contributed by atoms with van der Waals surface area (Å²) in [6.45, 7) is 2.73. The maximum absolute atomic E-state index is 12.9. The second-order valence-corrected chi connectivity index (χ2v) is 8.80. The van der Waals surface area contributed by atoms with Crippen LogP contribution in [0, 0.1) is 10.1 Å². The zero-order valence-electron chi connectivity index (χ0n) is 16.9. The van der Waals surface area contributed by atoms with Crippen LogP contribution in [0.5, 0.6) is 17.2 Å². The Morgan fingerprint density at radius 3 is 2.37 bits per heavy atom. The van der Waals surface area contributed by atoms with Crippen LogP contribution in [0.25, 0.3) is 6.08 Å². The number of ether oxygens (including phenoxy) is 2. The van der Waals surface area contributed by atoms with Gasteiger partial charge in [0, 0.05) is 19.2 Å². The van der Waals surface area contributed by atoms with Gasteiger partial charge in [0.05, 0.1) is 16.9 Å². The summed E-state index contributed by atoms with van der Waals surface area (Å²) in [6.07, 6.45) is 6.31. The van der Waals surface area contributed by atoms with Gasteiger partial charge in [0.25, 0.3) is 0 Å². The summed E-state index contributed by atoms with van der Waals surface area (Å²) >= 11 is 0. The van der Waals surface area contributed by atoms with Crippen LogP contribution in [0.4, 0.5) is 5.69 Å². The van der Waals surface area contributed by atoms with E-state index in [1.165, 1.54) is 23.5 Å². The third kappa shape index (κ3) is 4.63. The number of rotatable bonds is 7. The van der Waals surface area contributed by atoms with Crippen LogP contribution >= 0.6 is 0 Å². The predicted octanol–water partition coefficient (Wildman–Crippen LogP) is 4.60. The van der Waals surface area contributed by atoms with Gasteiger partial charge in [0.15, 0.2) is 11.5 Å². The zero-order valence-corrected chi connectivity index (χ0v) is 17.7. The van der Waals surface area contributed by atoms with E-state index < -0.39 is 20.6 Å². The predicted molar refractivity (Wildman–Crippen MR) is 113 cm³/mol. The van der Waals surface area contributed by atoms with Crippen molar-refractivity contribution in [2.75, 3.05) is 20.2 Å². The van der Waals surface area contributed by atoms with Crippen molar-refractivity contribution in [3.05, 3.63) is 58.2 Å². The molecule has 0 bridgehead atoms. The molecule has 1 heterocycles. The molecule has 30 heavy (non-hydrogen) atoms. The van der Waals surface area contributed by atoms with E-state index >= 15 is 0 Å². The van der Waals surface area contributed by atoms with Crippen LogP contribution in [0.2, 0.25) is 0 Å². The molecule has 0 spiro atoms. The number of nitrogens with zero attached hydrogens (tertiary/aromatic N) is 2. The number of nitro benzene ring substituents is 1. The van der Waals surface area contributed by atoms with Gasteiger partial charge in [-0.25, -0.2) is 8.42 Å². The van der Waals surface area contributed by atoms with Crippen molar-refractivity contribution in [3.8, 4) is 17.2 Å². The second kappa shape index (κ2) is 9.27. The lowest BCUT2D eigenvalue weighted by Crippen LogP contribution is -2.35. The summed E-state index contributed by atoms with van der Waals surface area (Å²) in [6, 6.07) is 8.90. The third-order valence-electron chi connectivity index (χ3n) is 4.85. The van der Waals surface area contributed by atoms with Crippen LogP contribution in [0.3, 0.4) is 0 Å². The van der Waals surface area contributed by atoms with Crippen molar-refractivity contribution in [1.29, 1.82) is 0 Å². The minimum absolute atomic E-state index is 0.0605. The number of hydrogen-bond donors (Lipinski definition) is 0. The molecule has 0 aliphatic carbocycles. The van der Waals surface area contributed by atoms with Gasteiger partial charge >= 0.3 is 5.69 Å². The number of benzene rings is 2. The van der Waals surface area contributed by atoms with Crippen molar-refractivity contribution >= 4 is 21.8 Å². The molecular formula is C21H24N2O6S. The molecule has 1 aliphatic heterocycles. The molecule has 3 rings (SSSR count). The quantitative estimate of drug-likeness (QED) is 0.468. The third-order valence-corrected chi connectivity index (χ3v) is 6.74. The smallest absolute Gasteiger partial charge is 0.312 e. The number of hydrogen-bond acceptors (Lipinski definition) is 6. The van der Waals surface area contributed by atoms with Gasteiger partial charge in [-0.1, -0.05) is 24.6 Å². The van der Waals surface area contributed by atoms with Gasteiger partial charge in [0.1, 0.15) is 0 Å². The number of piperidine rings is 1.